The summed E-state index contributed by atoms with van der Waals surface area (Å²) >= 11 is 0. The molecule has 2 unspecified atom stereocenters. The average Bonchev–Trinajstić information content (AvgIpc) is 2.36. The highest BCUT2D eigenvalue weighted by atomic mass is 16.2. The molecule has 2 N–H and O–H groups in total. The summed E-state index contributed by atoms with van der Waals surface area (Å²) < 4.78 is 0. The molecule has 0 saturated heterocycles. The molecule has 3 heteroatoms. The lowest BCUT2D eigenvalue weighted by Crippen LogP contribution is -2.29. The summed E-state index contributed by atoms with van der Waals surface area (Å²) in [5.41, 5.74) is 1.82. The van der Waals surface area contributed by atoms with Crippen molar-refractivity contribution in [2.24, 2.45) is 0 Å². The number of aliphatic hydroxyl groups excluding tert-OH is 1. The second kappa shape index (κ2) is 7.05. The Bertz CT molecular complexity index is 384. The zero-order valence-electron chi connectivity index (χ0n) is 10.5. The van der Waals surface area contributed by atoms with E-state index in [1.165, 1.54) is 0 Å². The molecule has 1 aromatic carbocycles. The van der Waals surface area contributed by atoms with E-state index in [1.54, 1.807) is 0 Å². The summed E-state index contributed by atoms with van der Waals surface area (Å²) in [7, 11) is 0. The maximum absolute atomic E-state index is 8.84. The molecular weight excluding hydrogens is 212 g/mol. The van der Waals surface area contributed by atoms with Crippen LogP contribution in [-0.2, 0) is 0 Å². The number of nitriles is 1. The Hall–Kier alpha value is -1.37. The molecule has 3 nitrogen and oxygen atoms in total. The predicted molar refractivity (Wildman–Crippen MR) is 68.5 cm³/mol. The van der Waals surface area contributed by atoms with Crippen molar-refractivity contribution in [3.63, 3.8) is 0 Å². The largest absolute Gasteiger partial charge is 0.396 e. The molecule has 17 heavy (non-hydrogen) atoms. The Morgan fingerprint density at radius 2 is 2.18 bits per heavy atom. The van der Waals surface area contributed by atoms with E-state index in [0.29, 0.717) is 11.6 Å². The minimum absolute atomic E-state index is 0.219. The van der Waals surface area contributed by atoms with Gasteiger partial charge in [0, 0.05) is 18.7 Å². The van der Waals surface area contributed by atoms with Crippen molar-refractivity contribution in [2.45, 2.75) is 38.8 Å². The first kappa shape index (κ1) is 13.7. The number of benzene rings is 1. The maximum Gasteiger partial charge on any atom is 0.0991 e. The first-order chi connectivity index (χ1) is 8.17. The van der Waals surface area contributed by atoms with Gasteiger partial charge in [-0.3, -0.25) is 0 Å². The lowest BCUT2D eigenvalue weighted by molar-refractivity contribution is 0.274. The van der Waals surface area contributed by atoms with Crippen molar-refractivity contribution in [2.75, 3.05) is 6.61 Å². The van der Waals surface area contributed by atoms with E-state index in [9.17, 15) is 0 Å². The van der Waals surface area contributed by atoms with Gasteiger partial charge in [-0.05, 0) is 44.4 Å². The van der Waals surface area contributed by atoms with Crippen LogP contribution in [0.4, 0.5) is 0 Å². The van der Waals surface area contributed by atoms with Gasteiger partial charge >= 0.3 is 0 Å². The first-order valence-electron chi connectivity index (χ1n) is 6.04. The quantitative estimate of drug-likeness (QED) is 0.791. The molecule has 0 heterocycles. The maximum atomic E-state index is 8.84. The monoisotopic (exact) mass is 232 g/mol. The minimum atomic E-state index is 0.219. The predicted octanol–water partition coefficient (Wildman–Crippen LogP) is 2.37. The summed E-state index contributed by atoms with van der Waals surface area (Å²) in [6.45, 7) is 4.44. The van der Waals surface area contributed by atoms with Gasteiger partial charge in [0.15, 0.2) is 0 Å². The Labute approximate surface area is 103 Å². The Balaban J connectivity index is 2.57. The smallest absolute Gasteiger partial charge is 0.0991 e. The molecular formula is C14H20N2O. The van der Waals surface area contributed by atoms with Crippen LogP contribution in [-0.4, -0.2) is 17.8 Å². The molecule has 0 bridgehead atoms. The van der Waals surface area contributed by atoms with Gasteiger partial charge in [0.1, 0.15) is 0 Å². The minimum Gasteiger partial charge on any atom is -0.396 e. The molecule has 0 aliphatic rings. The van der Waals surface area contributed by atoms with Gasteiger partial charge in [-0.15, -0.1) is 0 Å². The van der Waals surface area contributed by atoms with Gasteiger partial charge in [-0.25, -0.2) is 0 Å². The van der Waals surface area contributed by atoms with Crippen LogP contribution >= 0.6 is 0 Å². The van der Waals surface area contributed by atoms with E-state index in [1.807, 2.05) is 24.3 Å². The zero-order chi connectivity index (χ0) is 12.7. The summed E-state index contributed by atoms with van der Waals surface area (Å²) in [5, 5.41) is 21.1. The third-order valence-electron chi connectivity index (χ3n) is 2.85. The van der Waals surface area contributed by atoms with Gasteiger partial charge in [0.25, 0.3) is 0 Å². The van der Waals surface area contributed by atoms with Gasteiger partial charge in [-0.1, -0.05) is 12.1 Å². The number of rotatable bonds is 6. The highest BCUT2D eigenvalue weighted by Crippen LogP contribution is 2.15. The van der Waals surface area contributed by atoms with E-state index in [2.05, 4.69) is 25.2 Å². The summed E-state index contributed by atoms with van der Waals surface area (Å²) in [5.74, 6) is 0. The summed E-state index contributed by atoms with van der Waals surface area (Å²) in [6, 6.07) is 10.4. The molecule has 0 aliphatic carbocycles. The molecule has 0 fully saturated rings. The molecule has 0 aliphatic heterocycles. The van der Waals surface area contributed by atoms with E-state index < -0.39 is 0 Å². The van der Waals surface area contributed by atoms with Crippen molar-refractivity contribution in [3.05, 3.63) is 35.4 Å². The molecule has 1 aromatic rings. The van der Waals surface area contributed by atoms with Gasteiger partial charge < -0.3 is 10.4 Å². The van der Waals surface area contributed by atoms with Gasteiger partial charge in [-0.2, -0.15) is 5.26 Å². The van der Waals surface area contributed by atoms with Crippen LogP contribution in [0.1, 0.15) is 43.9 Å². The fourth-order valence-corrected chi connectivity index (χ4v) is 1.88. The SMILES string of the molecule is CC(CCCO)NC(C)c1cccc(C#N)c1. The van der Waals surface area contributed by atoms with Gasteiger partial charge in [0.2, 0.25) is 0 Å². The third kappa shape index (κ3) is 4.56. The molecule has 0 amide bonds. The van der Waals surface area contributed by atoms with Crippen LogP contribution in [0.5, 0.6) is 0 Å². The number of nitrogens with zero attached hydrogens (tertiary/aromatic N) is 1. The van der Waals surface area contributed by atoms with Crippen LogP contribution in [0, 0.1) is 11.3 Å². The fourth-order valence-electron chi connectivity index (χ4n) is 1.88. The van der Waals surface area contributed by atoms with Crippen LogP contribution in [0.2, 0.25) is 0 Å². The molecule has 2 atom stereocenters. The van der Waals surface area contributed by atoms with Crippen molar-refractivity contribution >= 4 is 0 Å². The number of hydrogen-bond acceptors (Lipinski definition) is 3. The number of nitrogens with one attached hydrogen (secondary N) is 1. The van der Waals surface area contributed by atoms with Crippen LogP contribution < -0.4 is 5.32 Å². The average molecular weight is 232 g/mol. The van der Waals surface area contributed by atoms with Crippen LogP contribution in [0.15, 0.2) is 24.3 Å². The fraction of sp³-hybridized carbons (Fsp3) is 0.500. The molecule has 92 valence electrons. The van der Waals surface area contributed by atoms with Gasteiger partial charge in [0.05, 0.1) is 11.6 Å². The molecule has 1 rings (SSSR count). The Morgan fingerprint density at radius 3 is 2.82 bits per heavy atom. The van der Waals surface area contributed by atoms with E-state index in [0.717, 1.165) is 18.4 Å². The molecule has 0 radical (unpaired) electrons. The topological polar surface area (TPSA) is 56.0 Å². The van der Waals surface area contributed by atoms with Crippen LogP contribution in [0.25, 0.3) is 0 Å². The zero-order valence-corrected chi connectivity index (χ0v) is 10.5. The number of hydrogen-bond donors (Lipinski definition) is 2. The van der Waals surface area contributed by atoms with Crippen molar-refractivity contribution in [1.82, 2.24) is 5.32 Å². The van der Waals surface area contributed by atoms with E-state index in [4.69, 9.17) is 10.4 Å². The highest BCUT2D eigenvalue weighted by Gasteiger charge is 2.09. The van der Waals surface area contributed by atoms with E-state index >= 15 is 0 Å². The van der Waals surface area contributed by atoms with Crippen LogP contribution in [0.3, 0.4) is 0 Å². The molecule has 0 spiro atoms. The van der Waals surface area contributed by atoms with Crippen molar-refractivity contribution in [3.8, 4) is 6.07 Å². The first-order valence-corrected chi connectivity index (χ1v) is 6.04. The van der Waals surface area contributed by atoms with E-state index in [-0.39, 0.29) is 12.6 Å². The number of aliphatic hydroxyl groups is 1. The molecule has 0 saturated carbocycles. The second-order valence-electron chi connectivity index (χ2n) is 4.39. The lowest BCUT2D eigenvalue weighted by atomic mass is 10.0. The Kier molecular flexibility index (Phi) is 5.68. The highest BCUT2D eigenvalue weighted by molar-refractivity contribution is 5.34. The summed E-state index contributed by atoms with van der Waals surface area (Å²) in [4.78, 5) is 0. The van der Waals surface area contributed by atoms with Crippen molar-refractivity contribution in [1.29, 1.82) is 5.26 Å². The Morgan fingerprint density at radius 1 is 1.41 bits per heavy atom. The lowest BCUT2D eigenvalue weighted by Gasteiger charge is -2.20. The standard InChI is InChI=1S/C14H20N2O/c1-11(5-4-8-17)16-12(2)14-7-3-6-13(9-14)10-15/h3,6-7,9,11-12,16-17H,4-5,8H2,1-2H3. The normalized spacial score (nSPS) is 14.0. The second-order valence-corrected chi connectivity index (χ2v) is 4.39. The third-order valence-corrected chi connectivity index (χ3v) is 2.85. The molecule has 0 aromatic heterocycles. The van der Waals surface area contributed by atoms with Crippen molar-refractivity contribution < 1.29 is 5.11 Å². The summed E-state index contributed by atoms with van der Waals surface area (Å²) in [6.07, 6.45) is 1.78.